The van der Waals surface area contributed by atoms with Crippen molar-refractivity contribution in [2.45, 2.75) is 12.3 Å². The molecule has 0 saturated carbocycles. The minimum Gasteiger partial charge on any atom is -0.465 e. The van der Waals surface area contributed by atoms with E-state index in [1.165, 1.54) is 7.11 Å². The van der Waals surface area contributed by atoms with Crippen LogP contribution in [0.3, 0.4) is 0 Å². The van der Waals surface area contributed by atoms with Gasteiger partial charge in [-0.1, -0.05) is 12.1 Å². The second kappa shape index (κ2) is 4.80. The molecule has 6 heteroatoms. The molecule has 0 spiro atoms. The summed E-state index contributed by atoms with van der Waals surface area (Å²) in [6, 6.07) is 7.08. The van der Waals surface area contributed by atoms with Crippen LogP contribution in [0.15, 0.2) is 30.5 Å². The Balaban J connectivity index is 1.94. The van der Waals surface area contributed by atoms with E-state index in [-0.39, 0.29) is 17.8 Å². The number of benzene rings is 1. The van der Waals surface area contributed by atoms with Crippen LogP contribution in [0.1, 0.15) is 33.8 Å². The summed E-state index contributed by atoms with van der Waals surface area (Å²) in [4.78, 5) is 23.1. The predicted molar refractivity (Wildman–Crippen MR) is 71.5 cm³/mol. The number of hydrogen-bond acceptors (Lipinski definition) is 4. The van der Waals surface area contributed by atoms with E-state index >= 15 is 0 Å². The molecule has 0 aliphatic carbocycles. The highest BCUT2D eigenvalue weighted by Gasteiger charge is 2.28. The van der Waals surface area contributed by atoms with Crippen molar-refractivity contribution in [2.75, 3.05) is 12.4 Å². The first-order valence-electron chi connectivity index (χ1n) is 6.20. The standard InChI is InChI=1S/C14H13N3O3/c1-20-14(19)9-4-2-8(3-5-9)10-6-12(18)16-13-11(10)7-15-17-13/h2-5,7,10H,6H2,1H3,(H2,15,16,17,18)/t10-/m0/s1. The van der Waals surface area contributed by atoms with E-state index in [0.29, 0.717) is 17.8 Å². The first-order valence-corrected chi connectivity index (χ1v) is 6.20. The smallest absolute Gasteiger partial charge is 0.337 e. The summed E-state index contributed by atoms with van der Waals surface area (Å²) in [5.41, 5.74) is 2.41. The molecule has 3 rings (SSSR count). The fourth-order valence-corrected chi connectivity index (χ4v) is 2.41. The highest BCUT2D eigenvalue weighted by atomic mass is 16.5. The average Bonchev–Trinajstić information content (AvgIpc) is 2.94. The number of anilines is 1. The van der Waals surface area contributed by atoms with Crippen molar-refractivity contribution < 1.29 is 14.3 Å². The molecule has 0 unspecified atom stereocenters. The van der Waals surface area contributed by atoms with Crippen molar-refractivity contribution in [1.29, 1.82) is 0 Å². The maximum Gasteiger partial charge on any atom is 0.337 e. The van der Waals surface area contributed by atoms with Crippen LogP contribution in [0, 0.1) is 0 Å². The van der Waals surface area contributed by atoms with Gasteiger partial charge < -0.3 is 10.1 Å². The number of nitrogens with zero attached hydrogens (tertiary/aromatic N) is 1. The van der Waals surface area contributed by atoms with Crippen LogP contribution >= 0.6 is 0 Å². The number of hydrogen-bond donors (Lipinski definition) is 2. The van der Waals surface area contributed by atoms with Crippen molar-refractivity contribution in [3.05, 3.63) is 47.2 Å². The molecule has 0 saturated heterocycles. The van der Waals surface area contributed by atoms with Crippen molar-refractivity contribution in [3.63, 3.8) is 0 Å². The molecular weight excluding hydrogens is 258 g/mol. The highest BCUT2D eigenvalue weighted by Crippen LogP contribution is 2.35. The normalized spacial score (nSPS) is 17.2. The number of carbonyl (C=O) groups is 2. The van der Waals surface area contributed by atoms with E-state index < -0.39 is 0 Å². The molecule has 2 aromatic rings. The number of nitrogens with one attached hydrogen (secondary N) is 2. The van der Waals surface area contributed by atoms with Crippen molar-refractivity contribution in [3.8, 4) is 0 Å². The van der Waals surface area contributed by atoms with Crippen LogP contribution in [0.4, 0.5) is 5.82 Å². The van der Waals surface area contributed by atoms with Gasteiger partial charge in [0.1, 0.15) is 5.82 Å². The second-order valence-corrected chi connectivity index (χ2v) is 4.62. The third kappa shape index (κ3) is 2.05. The molecule has 2 heterocycles. The summed E-state index contributed by atoms with van der Waals surface area (Å²) in [6.07, 6.45) is 2.08. The Bertz CT molecular complexity index is 661. The third-order valence-electron chi connectivity index (χ3n) is 3.43. The maximum absolute atomic E-state index is 11.7. The summed E-state index contributed by atoms with van der Waals surface area (Å²) in [5, 5.41) is 9.48. The summed E-state index contributed by atoms with van der Waals surface area (Å²) in [7, 11) is 1.35. The number of fused-ring (bicyclic) bond motifs is 1. The van der Waals surface area contributed by atoms with Gasteiger partial charge in [-0.25, -0.2) is 4.79 Å². The maximum atomic E-state index is 11.7. The largest absolute Gasteiger partial charge is 0.465 e. The summed E-state index contributed by atoms with van der Waals surface area (Å²) >= 11 is 0. The predicted octanol–water partition coefficient (Wildman–Crippen LogP) is 1.67. The molecule has 0 radical (unpaired) electrons. The Hall–Kier alpha value is -2.63. The zero-order valence-corrected chi connectivity index (χ0v) is 10.8. The van der Waals surface area contributed by atoms with Crippen LogP contribution in [0.5, 0.6) is 0 Å². The lowest BCUT2D eigenvalue weighted by atomic mass is 9.87. The number of ether oxygens (including phenoxy) is 1. The average molecular weight is 271 g/mol. The Kier molecular flexibility index (Phi) is 2.98. The quantitative estimate of drug-likeness (QED) is 0.814. The number of esters is 1. The van der Waals surface area contributed by atoms with Gasteiger partial charge in [0.05, 0.1) is 18.9 Å². The van der Waals surface area contributed by atoms with E-state index in [1.807, 2.05) is 12.1 Å². The van der Waals surface area contributed by atoms with E-state index in [2.05, 4.69) is 20.3 Å². The Morgan fingerprint density at radius 2 is 2.10 bits per heavy atom. The number of methoxy groups -OCH3 is 1. The van der Waals surface area contributed by atoms with Crippen molar-refractivity contribution in [2.24, 2.45) is 0 Å². The molecule has 102 valence electrons. The summed E-state index contributed by atoms with van der Waals surface area (Å²) < 4.78 is 4.66. The van der Waals surface area contributed by atoms with Gasteiger partial charge in [-0.05, 0) is 17.7 Å². The van der Waals surface area contributed by atoms with E-state index in [9.17, 15) is 9.59 Å². The van der Waals surface area contributed by atoms with Crippen LogP contribution in [-0.2, 0) is 9.53 Å². The molecule has 6 nitrogen and oxygen atoms in total. The number of amides is 1. The minimum absolute atomic E-state index is 0.0517. The first-order chi connectivity index (χ1) is 9.69. The van der Waals surface area contributed by atoms with Crippen LogP contribution in [0.25, 0.3) is 0 Å². The summed E-state index contributed by atoms with van der Waals surface area (Å²) in [5.74, 6) is 0.165. The summed E-state index contributed by atoms with van der Waals surface area (Å²) in [6.45, 7) is 0. The van der Waals surface area contributed by atoms with Gasteiger partial charge in [0.25, 0.3) is 0 Å². The molecule has 1 aliphatic heterocycles. The van der Waals surface area contributed by atoms with Gasteiger partial charge >= 0.3 is 5.97 Å². The molecule has 1 amide bonds. The number of aromatic nitrogens is 2. The van der Waals surface area contributed by atoms with Crippen LogP contribution < -0.4 is 5.32 Å². The fourth-order valence-electron chi connectivity index (χ4n) is 2.41. The first kappa shape index (κ1) is 12.4. The number of carbonyl (C=O) groups excluding carboxylic acids is 2. The molecular formula is C14H13N3O3. The third-order valence-corrected chi connectivity index (χ3v) is 3.43. The molecule has 20 heavy (non-hydrogen) atoms. The van der Waals surface area contributed by atoms with Crippen molar-refractivity contribution >= 4 is 17.7 Å². The number of rotatable bonds is 2. The van der Waals surface area contributed by atoms with E-state index in [0.717, 1.165) is 11.1 Å². The molecule has 1 atom stereocenters. The molecule has 0 bridgehead atoms. The molecule has 1 aliphatic rings. The minimum atomic E-state index is -0.373. The molecule has 0 fully saturated rings. The van der Waals surface area contributed by atoms with Gasteiger partial charge in [-0.3, -0.25) is 9.89 Å². The van der Waals surface area contributed by atoms with Crippen molar-refractivity contribution in [1.82, 2.24) is 10.2 Å². The lowest BCUT2D eigenvalue weighted by Gasteiger charge is -2.22. The monoisotopic (exact) mass is 271 g/mol. The lowest BCUT2D eigenvalue weighted by molar-refractivity contribution is -0.116. The highest BCUT2D eigenvalue weighted by molar-refractivity contribution is 5.94. The van der Waals surface area contributed by atoms with Gasteiger partial charge in [0.2, 0.25) is 5.91 Å². The SMILES string of the molecule is COC(=O)c1ccc([C@@H]2CC(=O)Nc3[nH]ncc32)cc1. The zero-order valence-electron chi connectivity index (χ0n) is 10.8. The van der Waals surface area contributed by atoms with Gasteiger partial charge in [0, 0.05) is 17.9 Å². The Labute approximate surface area is 115 Å². The fraction of sp³-hybridized carbons (Fsp3) is 0.214. The second-order valence-electron chi connectivity index (χ2n) is 4.62. The molecule has 1 aromatic heterocycles. The van der Waals surface area contributed by atoms with Crippen LogP contribution in [-0.4, -0.2) is 29.2 Å². The Morgan fingerprint density at radius 1 is 1.35 bits per heavy atom. The number of H-pyrrole nitrogens is 1. The molecule has 2 N–H and O–H groups in total. The number of aromatic amines is 1. The van der Waals surface area contributed by atoms with Crippen LogP contribution in [0.2, 0.25) is 0 Å². The van der Waals surface area contributed by atoms with E-state index in [1.54, 1.807) is 18.3 Å². The topological polar surface area (TPSA) is 84.1 Å². The Morgan fingerprint density at radius 3 is 2.80 bits per heavy atom. The van der Waals surface area contributed by atoms with Gasteiger partial charge in [-0.15, -0.1) is 0 Å². The van der Waals surface area contributed by atoms with Gasteiger partial charge in [0.15, 0.2) is 0 Å². The van der Waals surface area contributed by atoms with E-state index in [4.69, 9.17) is 0 Å². The zero-order chi connectivity index (χ0) is 14.1. The molecule has 1 aromatic carbocycles. The van der Waals surface area contributed by atoms with Gasteiger partial charge in [-0.2, -0.15) is 5.10 Å². The lowest BCUT2D eigenvalue weighted by Crippen LogP contribution is -2.23.